The Morgan fingerprint density at radius 3 is 2.70 bits per heavy atom. The quantitative estimate of drug-likeness (QED) is 0.881. The first kappa shape index (κ1) is 15.1. The third-order valence-electron chi connectivity index (χ3n) is 3.71. The molecule has 0 unspecified atom stereocenters. The lowest BCUT2D eigenvalue weighted by Gasteiger charge is -2.26. The minimum Gasteiger partial charge on any atom is -0.463 e. The maximum absolute atomic E-state index is 12.5. The van der Waals surface area contributed by atoms with Crippen LogP contribution in [0.1, 0.15) is 31.1 Å². The van der Waals surface area contributed by atoms with Gasteiger partial charge in [0.25, 0.3) is 0 Å². The number of benzene rings is 1. The molecule has 0 saturated heterocycles. The maximum atomic E-state index is 12.5. The van der Waals surface area contributed by atoms with Crippen LogP contribution in [0.2, 0.25) is 0 Å². The number of hydrogen-bond acceptors (Lipinski definition) is 5. The first-order chi connectivity index (χ1) is 11.2. The van der Waals surface area contributed by atoms with Crippen LogP contribution in [0.15, 0.2) is 69.5 Å². The number of allylic oxidation sites excluding steroid dienone is 1. The molecule has 0 bridgehead atoms. The monoisotopic (exact) mass is 310 g/mol. The van der Waals surface area contributed by atoms with Crippen molar-refractivity contribution in [2.75, 3.05) is 6.61 Å². The van der Waals surface area contributed by atoms with Crippen LogP contribution in [0.4, 0.5) is 0 Å². The molecule has 1 aromatic heterocycles. The van der Waals surface area contributed by atoms with Crippen molar-refractivity contribution in [2.24, 2.45) is 5.10 Å². The summed E-state index contributed by atoms with van der Waals surface area (Å²) in [7, 11) is 0. The number of rotatable bonds is 4. The van der Waals surface area contributed by atoms with Crippen molar-refractivity contribution in [3.63, 3.8) is 0 Å². The van der Waals surface area contributed by atoms with E-state index in [1.165, 1.54) is 0 Å². The molecule has 3 rings (SSSR count). The molecule has 0 radical (unpaired) electrons. The zero-order valence-electron chi connectivity index (χ0n) is 13.1. The first-order valence-electron chi connectivity index (χ1n) is 7.52. The van der Waals surface area contributed by atoms with Gasteiger partial charge in [0.15, 0.2) is 5.76 Å². The van der Waals surface area contributed by atoms with E-state index in [4.69, 9.17) is 9.15 Å². The molecule has 0 fully saturated rings. The number of hydrazone groups is 1. The third-order valence-corrected chi connectivity index (χ3v) is 3.71. The first-order valence-corrected chi connectivity index (χ1v) is 7.52. The predicted molar refractivity (Wildman–Crippen MR) is 86.9 cm³/mol. The van der Waals surface area contributed by atoms with Crippen molar-refractivity contribution in [1.82, 2.24) is 5.43 Å². The number of furan rings is 1. The van der Waals surface area contributed by atoms with E-state index < -0.39 is 0 Å². The van der Waals surface area contributed by atoms with E-state index in [0.717, 1.165) is 5.56 Å². The Morgan fingerprint density at radius 1 is 1.26 bits per heavy atom. The van der Waals surface area contributed by atoms with Crippen LogP contribution in [0, 0.1) is 0 Å². The second-order valence-electron chi connectivity index (χ2n) is 5.19. The lowest BCUT2D eigenvalue weighted by molar-refractivity contribution is -0.138. The van der Waals surface area contributed by atoms with Gasteiger partial charge in [-0.2, -0.15) is 5.10 Å². The Hall–Kier alpha value is -2.82. The molecule has 0 spiro atoms. The van der Waals surface area contributed by atoms with Crippen molar-refractivity contribution < 1.29 is 13.9 Å². The maximum Gasteiger partial charge on any atom is 0.336 e. The summed E-state index contributed by atoms with van der Waals surface area (Å²) in [5.41, 5.74) is 5.79. The van der Waals surface area contributed by atoms with Crippen molar-refractivity contribution in [3.05, 3.63) is 71.3 Å². The van der Waals surface area contributed by atoms with Gasteiger partial charge in [0, 0.05) is 5.70 Å². The van der Waals surface area contributed by atoms with Gasteiger partial charge < -0.3 is 9.15 Å². The van der Waals surface area contributed by atoms with Gasteiger partial charge >= 0.3 is 5.97 Å². The van der Waals surface area contributed by atoms with Gasteiger partial charge in [0.1, 0.15) is 5.71 Å². The van der Waals surface area contributed by atoms with E-state index in [1.54, 1.807) is 19.3 Å². The minimum absolute atomic E-state index is 0.324. The Morgan fingerprint density at radius 2 is 2.04 bits per heavy atom. The van der Waals surface area contributed by atoms with Crippen LogP contribution in [-0.2, 0) is 9.53 Å². The molecule has 1 atom stereocenters. The van der Waals surface area contributed by atoms with Crippen molar-refractivity contribution in [2.45, 2.75) is 19.8 Å². The van der Waals surface area contributed by atoms with Crippen molar-refractivity contribution >= 4 is 11.7 Å². The summed E-state index contributed by atoms with van der Waals surface area (Å²) in [6.45, 7) is 3.94. The summed E-state index contributed by atoms with van der Waals surface area (Å²) in [5.74, 6) is -0.0476. The molecule has 0 amide bonds. The average Bonchev–Trinajstić information content (AvgIpc) is 3.09. The van der Waals surface area contributed by atoms with Gasteiger partial charge in [-0.3, -0.25) is 5.43 Å². The molecule has 2 aromatic rings. The highest BCUT2D eigenvalue weighted by atomic mass is 16.5. The van der Waals surface area contributed by atoms with Gasteiger partial charge in [-0.1, -0.05) is 30.3 Å². The van der Waals surface area contributed by atoms with Crippen molar-refractivity contribution in [1.29, 1.82) is 0 Å². The van der Waals surface area contributed by atoms with E-state index in [-0.39, 0.29) is 11.9 Å². The Kier molecular flexibility index (Phi) is 4.28. The second kappa shape index (κ2) is 6.52. The Labute approximate surface area is 134 Å². The van der Waals surface area contributed by atoms with Crippen LogP contribution >= 0.6 is 0 Å². The smallest absolute Gasteiger partial charge is 0.336 e. The second-order valence-corrected chi connectivity index (χ2v) is 5.19. The van der Waals surface area contributed by atoms with Crippen LogP contribution in [0.3, 0.4) is 0 Å². The van der Waals surface area contributed by atoms with E-state index in [1.807, 2.05) is 43.3 Å². The standard InChI is InChI=1S/C18H18N2O3/c1-3-22-18(21)15-12(2)19-20-17(14-10-7-11-23-14)16(15)13-8-5-4-6-9-13/h4-11,16,19H,3H2,1-2H3/t16-/m0/s1. The average molecular weight is 310 g/mol. The highest BCUT2D eigenvalue weighted by molar-refractivity contribution is 6.11. The summed E-state index contributed by atoms with van der Waals surface area (Å²) in [5, 5.41) is 4.41. The minimum atomic E-state index is -0.342. The molecule has 1 aliphatic heterocycles. The highest BCUT2D eigenvalue weighted by Crippen LogP contribution is 2.33. The number of esters is 1. The fourth-order valence-corrected chi connectivity index (χ4v) is 2.69. The largest absolute Gasteiger partial charge is 0.463 e. The van der Waals surface area contributed by atoms with Crippen molar-refractivity contribution in [3.8, 4) is 0 Å². The predicted octanol–water partition coefficient (Wildman–Crippen LogP) is 3.21. The van der Waals surface area contributed by atoms with Crippen LogP contribution in [-0.4, -0.2) is 18.3 Å². The van der Waals surface area contributed by atoms with Gasteiger partial charge in [-0.25, -0.2) is 4.79 Å². The molecule has 118 valence electrons. The Bertz CT molecular complexity index is 746. The number of ether oxygens (including phenoxy) is 1. The van der Waals surface area contributed by atoms with Gasteiger partial charge in [0.2, 0.25) is 0 Å². The van der Waals surface area contributed by atoms with Crippen LogP contribution in [0.25, 0.3) is 0 Å². The molecule has 1 N–H and O–H groups in total. The Balaban J connectivity index is 2.11. The molecule has 23 heavy (non-hydrogen) atoms. The lowest BCUT2D eigenvalue weighted by Crippen LogP contribution is -2.31. The van der Waals surface area contributed by atoms with Gasteiger partial charge in [-0.05, 0) is 31.5 Å². The molecule has 1 aliphatic rings. The highest BCUT2D eigenvalue weighted by Gasteiger charge is 2.35. The van der Waals surface area contributed by atoms with E-state index >= 15 is 0 Å². The molecule has 2 heterocycles. The van der Waals surface area contributed by atoms with Gasteiger partial charge in [-0.15, -0.1) is 0 Å². The van der Waals surface area contributed by atoms with E-state index in [9.17, 15) is 4.79 Å². The summed E-state index contributed by atoms with van der Waals surface area (Å²) in [6.07, 6.45) is 1.59. The fourth-order valence-electron chi connectivity index (χ4n) is 2.69. The molecular formula is C18H18N2O3. The topological polar surface area (TPSA) is 63.8 Å². The molecular weight excluding hydrogens is 292 g/mol. The summed E-state index contributed by atoms with van der Waals surface area (Å²) < 4.78 is 10.7. The van der Waals surface area contributed by atoms with Crippen LogP contribution in [0.5, 0.6) is 0 Å². The van der Waals surface area contributed by atoms with Crippen LogP contribution < -0.4 is 5.43 Å². The number of nitrogens with one attached hydrogen (secondary N) is 1. The van der Waals surface area contributed by atoms with Gasteiger partial charge in [0.05, 0.1) is 24.4 Å². The summed E-state index contributed by atoms with van der Waals surface area (Å²) >= 11 is 0. The number of hydrogen-bond donors (Lipinski definition) is 1. The number of nitrogens with zero attached hydrogens (tertiary/aromatic N) is 1. The zero-order valence-corrected chi connectivity index (χ0v) is 13.1. The summed E-state index contributed by atoms with van der Waals surface area (Å²) in [4.78, 5) is 12.5. The molecule has 0 saturated carbocycles. The van der Waals surface area contributed by atoms with E-state index in [2.05, 4.69) is 10.5 Å². The van der Waals surface area contributed by atoms with E-state index in [0.29, 0.717) is 29.3 Å². The summed E-state index contributed by atoms with van der Waals surface area (Å²) in [6, 6.07) is 13.4. The number of carbonyl (C=O) groups excluding carboxylic acids is 1. The molecule has 1 aromatic carbocycles. The fraction of sp³-hybridized carbons (Fsp3) is 0.222. The third kappa shape index (κ3) is 2.90. The molecule has 0 aliphatic carbocycles. The normalized spacial score (nSPS) is 17.5. The number of carbonyl (C=O) groups is 1. The lowest BCUT2D eigenvalue weighted by atomic mass is 9.84. The SMILES string of the molecule is CCOC(=O)C1=C(C)NN=C(c2ccco2)[C@H]1c1ccccc1. The zero-order chi connectivity index (χ0) is 16.2. The molecule has 5 heteroatoms. The molecule has 5 nitrogen and oxygen atoms in total.